The number of nitrogens with two attached hydrogens (primary N) is 1. The number of hydrogen-bond donors (Lipinski definition) is 2. The van der Waals surface area contributed by atoms with E-state index in [0.717, 1.165) is 17.3 Å². The Balaban J connectivity index is 2.82. The van der Waals surface area contributed by atoms with Crippen molar-refractivity contribution in [1.29, 1.82) is 0 Å². The second-order valence-corrected chi connectivity index (χ2v) is 3.47. The normalized spacial score (nSPS) is 13.0. The van der Waals surface area contributed by atoms with Gasteiger partial charge < -0.3 is 15.6 Å². The summed E-state index contributed by atoms with van der Waals surface area (Å²) in [5, 5.41) is 0. The van der Waals surface area contributed by atoms with Crippen LogP contribution in [0.15, 0.2) is 0 Å². The highest BCUT2D eigenvalue weighted by Crippen LogP contribution is 2.12. The first-order valence-corrected chi connectivity index (χ1v) is 4.52. The fourth-order valence-electron chi connectivity index (χ4n) is 1.06. The highest BCUT2D eigenvalue weighted by atomic mass is 15.3. The molecule has 1 rings (SSSR count). The maximum Gasteiger partial charge on any atom is 0.203 e. The van der Waals surface area contributed by atoms with Crippen molar-refractivity contribution < 1.29 is 0 Å². The van der Waals surface area contributed by atoms with Crippen molar-refractivity contribution in [2.75, 3.05) is 18.5 Å². The van der Waals surface area contributed by atoms with Gasteiger partial charge in [-0.2, -0.15) is 0 Å². The lowest BCUT2D eigenvalue weighted by atomic mass is 10.3. The molecule has 4 nitrogen and oxygen atoms in total. The number of H-pyrrole nitrogens is 1. The van der Waals surface area contributed by atoms with Crippen LogP contribution in [-0.2, 0) is 0 Å². The van der Waals surface area contributed by atoms with Gasteiger partial charge in [0.15, 0.2) is 0 Å². The Morgan fingerprint density at radius 1 is 1.54 bits per heavy atom. The Morgan fingerprint density at radius 2 is 2.15 bits per heavy atom. The number of hydrogen-bond acceptors (Lipinski definition) is 3. The molecule has 1 heterocycles. The lowest BCUT2D eigenvalue weighted by Crippen LogP contribution is -2.35. The molecule has 0 aliphatic heterocycles. The summed E-state index contributed by atoms with van der Waals surface area (Å²) >= 11 is 0. The number of anilines is 1. The molecule has 1 atom stereocenters. The maximum atomic E-state index is 5.57. The summed E-state index contributed by atoms with van der Waals surface area (Å²) < 4.78 is 0. The third-order valence-corrected chi connectivity index (χ3v) is 2.45. The summed E-state index contributed by atoms with van der Waals surface area (Å²) in [4.78, 5) is 9.67. The van der Waals surface area contributed by atoms with Crippen molar-refractivity contribution in [3.63, 3.8) is 0 Å². The Hall–Kier alpha value is -1.03. The van der Waals surface area contributed by atoms with Crippen LogP contribution >= 0.6 is 0 Å². The third kappa shape index (κ3) is 2.01. The first kappa shape index (κ1) is 10.1. The van der Waals surface area contributed by atoms with E-state index in [4.69, 9.17) is 5.73 Å². The molecule has 74 valence electrons. The van der Waals surface area contributed by atoms with Crippen LogP contribution < -0.4 is 10.6 Å². The molecule has 0 fully saturated rings. The van der Waals surface area contributed by atoms with Gasteiger partial charge in [-0.3, -0.25) is 0 Å². The van der Waals surface area contributed by atoms with E-state index in [1.807, 2.05) is 20.9 Å². The second kappa shape index (κ2) is 3.79. The zero-order valence-electron chi connectivity index (χ0n) is 8.76. The molecular weight excluding hydrogens is 164 g/mol. The second-order valence-electron chi connectivity index (χ2n) is 3.47. The van der Waals surface area contributed by atoms with Crippen molar-refractivity contribution in [2.24, 2.45) is 5.73 Å². The molecule has 0 aliphatic carbocycles. The number of aryl methyl sites for hydroxylation is 2. The van der Waals surface area contributed by atoms with Gasteiger partial charge in [0.05, 0.1) is 5.69 Å². The molecule has 1 aromatic rings. The monoisotopic (exact) mass is 182 g/mol. The fourth-order valence-corrected chi connectivity index (χ4v) is 1.06. The molecule has 0 saturated carbocycles. The van der Waals surface area contributed by atoms with Crippen LogP contribution in [0.25, 0.3) is 0 Å². The van der Waals surface area contributed by atoms with E-state index in [1.165, 1.54) is 0 Å². The first-order chi connectivity index (χ1) is 6.06. The van der Waals surface area contributed by atoms with Crippen LogP contribution in [-0.4, -0.2) is 29.6 Å². The average Bonchev–Trinajstić information content (AvgIpc) is 2.44. The molecular formula is C9H18N4. The summed E-state index contributed by atoms with van der Waals surface area (Å²) in [5.41, 5.74) is 7.74. The number of imidazole rings is 1. The molecule has 0 saturated heterocycles. The van der Waals surface area contributed by atoms with Crippen molar-refractivity contribution >= 4 is 5.95 Å². The molecule has 0 aliphatic rings. The minimum atomic E-state index is 0.310. The van der Waals surface area contributed by atoms with E-state index in [2.05, 4.69) is 21.8 Å². The van der Waals surface area contributed by atoms with Gasteiger partial charge in [-0.25, -0.2) is 4.98 Å². The number of rotatable bonds is 3. The Labute approximate surface area is 79.1 Å². The number of aromatic nitrogens is 2. The summed E-state index contributed by atoms with van der Waals surface area (Å²) in [5.74, 6) is 0.896. The lowest BCUT2D eigenvalue weighted by Gasteiger charge is -2.22. The standard InChI is InChI=1S/C9H18N4/c1-6(5-10)13(4)9-11-7(2)8(3)12-9/h6H,5,10H2,1-4H3,(H,11,12). The Kier molecular flexibility index (Phi) is 2.93. The molecule has 13 heavy (non-hydrogen) atoms. The van der Waals surface area contributed by atoms with E-state index in [9.17, 15) is 0 Å². The van der Waals surface area contributed by atoms with E-state index in [-0.39, 0.29) is 0 Å². The molecule has 1 unspecified atom stereocenters. The molecule has 3 N–H and O–H groups in total. The summed E-state index contributed by atoms with van der Waals surface area (Å²) in [6, 6.07) is 0.310. The van der Waals surface area contributed by atoms with Gasteiger partial charge in [0.1, 0.15) is 0 Å². The van der Waals surface area contributed by atoms with Gasteiger partial charge in [0.2, 0.25) is 5.95 Å². The summed E-state index contributed by atoms with van der Waals surface area (Å²) in [6.45, 7) is 6.73. The topological polar surface area (TPSA) is 57.9 Å². The zero-order chi connectivity index (χ0) is 10.0. The van der Waals surface area contributed by atoms with E-state index >= 15 is 0 Å². The largest absolute Gasteiger partial charge is 0.342 e. The van der Waals surface area contributed by atoms with Gasteiger partial charge in [0.25, 0.3) is 0 Å². The highest BCUT2D eigenvalue weighted by molar-refractivity contribution is 5.34. The van der Waals surface area contributed by atoms with Gasteiger partial charge >= 0.3 is 0 Å². The maximum absolute atomic E-state index is 5.57. The predicted molar refractivity (Wildman–Crippen MR) is 55.0 cm³/mol. The molecule has 0 bridgehead atoms. The zero-order valence-corrected chi connectivity index (χ0v) is 8.76. The smallest absolute Gasteiger partial charge is 0.203 e. The molecule has 4 heteroatoms. The number of aromatic amines is 1. The van der Waals surface area contributed by atoms with Gasteiger partial charge in [0, 0.05) is 25.3 Å². The van der Waals surface area contributed by atoms with Crippen LogP contribution in [0.3, 0.4) is 0 Å². The first-order valence-electron chi connectivity index (χ1n) is 4.52. The van der Waals surface area contributed by atoms with E-state index < -0.39 is 0 Å². The van der Waals surface area contributed by atoms with E-state index in [1.54, 1.807) is 0 Å². The molecule has 0 aromatic carbocycles. The van der Waals surface area contributed by atoms with Crippen molar-refractivity contribution in [3.05, 3.63) is 11.4 Å². The van der Waals surface area contributed by atoms with Crippen molar-refractivity contribution in [2.45, 2.75) is 26.8 Å². The van der Waals surface area contributed by atoms with Gasteiger partial charge in [-0.05, 0) is 20.8 Å². The van der Waals surface area contributed by atoms with Crippen LogP contribution in [0.5, 0.6) is 0 Å². The number of likely N-dealkylation sites (N-methyl/N-ethyl adjacent to an activating group) is 1. The molecule has 0 radical (unpaired) electrons. The molecule has 1 aromatic heterocycles. The van der Waals surface area contributed by atoms with E-state index in [0.29, 0.717) is 12.6 Å². The van der Waals surface area contributed by atoms with Gasteiger partial charge in [-0.15, -0.1) is 0 Å². The third-order valence-electron chi connectivity index (χ3n) is 2.45. The minimum Gasteiger partial charge on any atom is -0.342 e. The Bertz CT molecular complexity index is 260. The van der Waals surface area contributed by atoms with Gasteiger partial charge in [-0.1, -0.05) is 0 Å². The average molecular weight is 182 g/mol. The van der Waals surface area contributed by atoms with Crippen LogP contribution in [0.4, 0.5) is 5.95 Å². The highest BCUT2D eigenvalue weighted by Gasteiger charge is 2.11. The summed E-state index contributed by atoms with van der Waals surface area (Å²) in [7, 11) is 2.00. The molecule has 0 amide bonds. The number of nitrogens with zero attached hydrogens (tertiary/aromatic N) is 2. The fraction of sp³-hybridized carbons (Fsp3) is 0.667. The summed E-state index contributed by atoms with van der Waals surface area (Å²) in [6.07, 6.45) is 0. The Morgan fingerprint density at radius 3 is 2.54 bits per heavy atom. The van der Waals surface area contributed by atoms with Crippen LogP contribution in [0, 0.1) is 13.8 Å². The van der Waals surface area contributed by atoms with Crippen molar-refractivity contribution in [3.8, 4) is 0 Å². The lowest BCUT2D eigenvalue weighted by molar-refractivity contribution is 0.680. The quantitative estimate of drug-likeness (QED) is 0.727. The van der Waals surface area contributed by atoms with Crippen LogP contribution in [0.2, 0.25) is 0 Å². The minimum absolute atomic E-state index is 0.310. The molecule has 0 spiro atoms. The number of nitrogens with one attached hydrogen (secondary N) is 1. The predicted octanol–water partition coefficient (Wildman–Crippen LogP) is 0.810. The van der Waals surface area contributed by atoms with Crippen LogP contribution in [0.1, 0.15) is 18.3 Å². The SMILES string of the molecule is Cc1nc(N(C)C(C)CN)[nH]c1C. The van der Waals surface area contributed by atoms with Crippen molar-refractivity contribution in [1.82, 2.24) is 9.97 Å².